The minimum Gasteiger partial charge on any atom is -0.333 e. The van der Waals surface area contributed by atoms with Crippen molar-refractivity contribution >= 4 is 11.9 Å². The van der Waals surface area contributed by atoms with Gasteiger partial charge in [0.15, 0.2) is 0 Å². The van der Waals surface area contributed by atoms with Crippen molar-refractivity contribution in [2.45, 2.75) is 39.2 Å². The molecule has 1 N–H and O–H groups in total. The fourth-order valence-corrected chi connectivity index (χ4v) is 3.37. The van der Waals surface area contributed by atoms with Gasteiger partial charge in [-0.05, 0) is 18.9 Å². The SMILES string of the molecule is CCCCCN1CC2=C(C1=O)[C@H](c1ccc(C)cc1)NC(=O)N2C. The van der Waals surface area contributed by atoms with E-state index >= 15 is 0 Å². The van der Waals surface area contributed by atoms with Gasteiger partial charge in [0.2, 0.25) is 0 Å². The summed E-state index contributed by atoms with van der Waals surface area (Å²) in [5.41, 5.74) is 3.67. The Morgan fingerprint density at radius 3 is 2.54 bits per heavy atom. The molecule has 2 heterocycles. The number of carbonyl (C=O) groups is 2. The average Bonchev–Trinajstić information content (AvgIpc) is 2.90. The molecule has 0 fully saturated rings. The Balaban J connectivity index is 1.90. The number of aryl methyl sites for hydroxylation is 1. The van der Waals surface area contributed by atoms with Crippen LogP contribution in [0.4, 0.5) is 4.79 Å². The largest absolute Gasteiger partial charge is 0.333 e. The first-order valence-corrected chi connectivity index (χ1v) is 8.66. The summed E-state index contributed by atoms with van der Waals surface area (Å²) in [7, 11) is 1.73. The first-order valence-electron chi connectivity index (χ1n) is 8.66. The Kier molecular flexibility index (Phi) is 4.60. The van der Waals surface area contributed by atoms with Gasteiger partial charge in [-0.1, -0.05) is 49.6 Å². The molecule has 128 valence electrons. The van der Waals surface area contributed by atoms with Gasteiger partial charge in [0.05, 0.1) is 23.9 Å². The van der Waals surface area contributed by atoms with Gasteiger partial charge in [0, 0.05) is 13.6 Å². The third kappa shape index (κ3) is 2.90. The molecule has 5 heteroatoms. The Labute approximate surface area is 143 Å². The van der Waals surface area contributed by atoms with Gasteiger partial charge >= 0.3 is 6.03 Å². The minimum absolute atomic E-state index is 0.0542. The van der Waals surface area contributed by atoms with Crippen molar-refractivity contribution in [1.29, 1.82) is 0 Å². The predicted octanol–water partition coefficient (Wildman–Crippen LogP) is 2.98. The number of unbranched alkanes of at least 4 members (excludes halogenated alkanes) is 2. The molecular formula is C19H25N3O2. The maximum atomic E-state index is 12.9. The second-order valence-corrected chi connectivity index (χ2v) is 6.65. The molecule has 0 radical (unpaired) electrons. The first-order chi connectivity index (χ1) is 11.5. The van der Waals surface area contributed by atoms with Crippen LogP contribution in [0, 0.1) is 6.92 Å². The summed E-state index contributed by atoms with van der Waals surface area (Å²) in [6.45, 7) is 5.46. The Bertz CT molecular complexity index is 678. The number of nitrogens with zero attached hydrogens (tertiary/aromatic N) is 2. The predicted molar refractivity (Wildman–Crippen MR) is 93.3 cm³/mol. The molecule has 3 amide bonds. The second kappa shape index (κ2) is 6.67. The zero-order valence-electron chi connectivity index (χ0n) is 14.6. The van der Waals surface area contributed by atoms with Crippen LogP contribution < -0.4 is 5.32 Å². The summed E-state index contributed by atoms with van der Waals surface area (Å²) in [6.07, 6.45) is 3.24. The van der Waals surface area contributed by atoms with Crippen molar-refractivity contribution in [3.8, 4) is 0 Å². The Hall–Kier alpha value is -2.30. The van der Waals surface area contributed by atoms with Gasteiger partial charge in [-0.2, -0.15) is 0 Å². The van der Waals surface area contributed by atoms with Crippen LogP contribution in [0.15, 0.2) is 35.5 Å². The lowest BCUT2D eigenvalue weighted by Crippen LogP contribution is -2.45. The summed E-state index contributed by atoms with van der Waals surface area (Å²) < 4.78 is 0. The molecule has 0 bridgehead atoms. The third-order valence-electron chi connectivity index (χ3n) is 4.88. The molecule has 24 heavy (non-hydrogen) atoms. The van der Waals surface area contributed by atoms with Crippen LogP contribution in [-0.4, -0.2) is 41.9 Å². The fraction of sp³-hybridized carbons (Fsp3) is 0.474. The minimum atomic E-state index is -0.354. The van der Waals surface area contributed by atoms with E-state index in [-0.39, 0.29) is 18.0 Å². The molecule has 0 saturated carbocycles. The lowest BCUT2D eigenvalue weighted by atomic mass is 9.95. The number of benzene rings is 1. The molecule has 0 spiro atoms. The van der Waals surface area contributed by atoms with Crippen molar-refractivity contribution in [3.05, 3.63) is 46.7 Å². The van der Waals surface area contributed by atoms with E-state index < -0.39 is 0 Å². The molecular weight excluding hydrogens is 302 g/mol. The summed E-state index contributed by atoms with van der Waals surface area (Å²) in [5.74, 6) is 0.0542. The van der Waals surface area contributed by atoms with E-state index in [9.17, 15) is 9.59 Å². The molecule has 5 nitrogen and oxygen atoms in total. The number of rotatable bonds is 5. The van der Waals surface area contributed by atoms with Crippen LogP contribution in [0.3, 0.4) is 0 Å². The van der Waals surface area contributed by atoms with Crippen LogP contribution in [0.5, 0.6) is 0 Å². The van der Waals surface area contributed by atoms with Gasteiger partial charge in [-0.15, -0.1) is 0 Å². The number of carbonyl (C=O) groups excluding carboxylic acids is 2. The smallest absolute Gasteiger partial charge is 0.322 e. The number of amides is 3. The van der Waals surface area contributed by atoms with E-state index in [1.807, 2.05) is 36.1 Å². The highest BCUT2D eigenvalue weighted by Crippen LogP contribution is 2.35. The van der Waals surface area contributed by atoms with E-state index in [2.05, 4.69) is 12.2 Å². The quantitative estimate of drug-likeness (QED) is 0.845. The molecule has 2 aliphatic heterocycles. The molecule has 1 aromatic rings. The second-order valence-electron chi connectivity index (χ2n) is 6.65. The zero-order valence-corrected chi connectivity index (χ0v) is 14.6. The van der Waals surface area contributed by atoms with Gasteiger partial charge < -0.3 is 10.2 Å². The summed E-state index contributed by atoms with van der Waals surface area (Å²) >= 11 is 0. The fourth-order valence-electron chi connectivity index (χ4n) is 3.37. The van der Waals surface area contributed by atoms with Crippen LogP contribution >= 0.6 is 0 Å². The summed E-state index contributed by atoms with van der Waals surface area (Å²) in [5, 5.41) is 2.97. The highest BCUT2D eigenvalue weighted by Gasteiger charge is 2.42. The highest BCUT2D eigenvalue weighted by molar-refractivity contribution is 6.01. The van der Waals surface area contributed by atoms with Crippen molar-refractivity contribution in [1.82, 2.24) is 15.1 Å². The normalized spacial score (nSPS) is 20.5. The Morgan fingerprint density at radius 2 is 1.88 bits per heavy atom. The van der Waals surface area contributed by atoms with Crippen molar-refractivity contribution in [3.63, 3.8) is 0 Å². The van der Waals surface area contributed by atoms with E-state index in [0.29, 0.717) is 6.54 Å². The molecule has 3 rings (SSSR count). The van der Waals surface area contributed by atoms with Crippen LogP contribution in [0.2, 0.25) is 0 Å². The first kappa shape index (κ1) is 16.6. The zero-order chi connectivity index (χ0) is 17.3. The van der Waals surface area contributed by atoms with Crippen molar-refractivity contribution in [2.75, 3.05) is 20.1 Å². The number of likely N-dealkylation sites (N-methyl/N-ethyl adjacent to an activating group) is 1. The van der Waals surface area contributed by atoms with E-state index in [1.165, 1.54) is 0 Å². The molecule has 1 atom stereocenters. The van der Waals surface area contributed by atoms with Crippen LogP contribution in [0.1, 0.15) is 43.4 Å². The van der Waals surface area contributed by atoms with Crippen LogP contribution in [0.25, 0.3) is 0 Å². The molecule has 0 unspecified atom stereocenters. The number of hydrogen-bond donors (Lipinski definition) is 1. The van der Waals surface area contributed by atoms with Gasteiger partial charge in [-0.3, -0.25) is 9.69 Å². The van der Waals surface area contributed by atoms with Crippen molar-refractivity contribution < 1.29 is 9.59 Å². The maximum Gasteiger partial charge on any atom is 0.322 e. The molecule has 0 saturated heterocycles. The lowest BCUT2D eigenvalue weighted by Gasteiger charge is -2.31. The van der Waals surface area contributed by atoms with Gasteiger partial charge in [0.1, 0.15) is 0 Å². The van der Waals surface area contributed by atoms with E-state index in [4.69, 9.17) is 0 Å². The summed E-state index contributed by atoms with van der Waals surface area (Å²) in [4.78, 5) is 28.7. The average molecular weight is 327 g/mol. The number of nitrogens with one attached hydrogen (secondary N) is 1. The third-order valence-corrected chi connectivity index (χ3v) is 4.88. The monoisotopic (exact) mass is 327 g/mol. The van der Waals surface area contributed by atoms with Crippen molar-refractivity contribution in [2.24, 2.45) is 0 Å². The molecule has 1 aromatic carbocycles. The molecule has 0 aliphatic carbocycles. The van der Waals surface area contributed by atoms with E-state index in [0.717, 1.165) is 48.2 Å². The van der Waals surface area contributed by atoms with Gasteiger partial charge in [-0.25, -0.2) is 4.79 Å². The number of hydrogen-bond acceptors (Lipinski definition) is 2. The Morgan fingerprint density at radius 1 is 1.17 bits per heavy atom. The number of urea groups is 1. The maximum absolute atomic E-state index is 12.9. The molecule has 2 aliphatic rings. The standard InChI is InChI=1S/C19H25N3O2/c1-4-5-6-11-22-12-15-16(18(22)23)17(20-19(24)21(15)3)14-9-7-13(2)8-10-14/h7-10,17H,4-6,11-12H2,1-3H3,(H,20,24)/t17-/m0/s1. The highest BCUT2D eigenvalue weighted by atomic mass is 16.2. The summed E-state index contributed by atoms with van der Waals surface area (Å²) in [6, 6.07) is 7.50. The lowest BCUT2D eigenvalue weighted by molar-refractivity contribution is -0.125. The van der Waals surface area contributed by atoms with E-state index in [1.54, 1.807) is 11.9 Å². The topological polar surface area (TPSA) is 52.7 Å². The van der Waals surface area contributed by atoms with Gasteiger partial charge in [0.25, 0.3) is 5.91 Å². The van der Waals surface area contributed by atoms with Crippen LogP contribution in [-0.2, 0) is 4.79 Å². The molecule has 0 aromatic heterocycles.